The first-order chi connectivity index (χ1) is 13.6. The molecule has 0 radical (unpaired) electrons. The zero-order valence-corrected chi connectivity index (χ0v) is 16.0. The van der Waals surface area contributed by atoms with Gasteiger partial charge in [0, 0.05) is 19.5 Å². The number of urea groups is 1. The number of hydrogen-bond acceptors (Lipinski definition) is 4. The SMILES string of the molecule is CCNC(=O)N(Cc1ccc(F)cc1)C[C@H]1CC(c2ccc(OC)cc2)=NO1. The minimum absolute atomic E-state index is 0.187. The monoisotopic (exact) mass is 385 g/mol. The molecule has 2 aromatic carbocycles. The third-order valence-corrected chi connectivity index (χ3v) is 4.48. The molecule has 1 heterocycles. The molecule has 3 rings (SSSR count). The van der Waals surface area contributed by atoms with Crippen molar-refractivity contribution in [2.45, 2.75) is 26.0 Å². The molecule has 1 N–H and O–H groups in total. The van der Waals surface area contributed by atoms with Crippen molar-refractivity contribution in [1.29, 1.82) is 0 Å². The molecular formula is C21H24FN3O3. The number of benzene rings is 2. The Morgan fingerprint density at radius 3 is 2.61 bits per heavy atom. The highest BCUT2D eigenvalue weighted by Crippen LogP contribution is 2.20. The second kappa shape index (κ2) is 9.21. The molecule has 148 valence electrons. The topological polar surface area (TPSA) is 63.2 Å². The van der Waals surface area contributed by atoms with Crippen LogP contribution in [0.15, 0.2) is 53.7 Å². The van der Waals surface area contributed by atoms with Crippen LogP contribution in [-0.4, -0.2) is 42.9 Å². The van der Waals surface area contributed by atoms with E-state index in [4.69, 9.17) is 9.57 Å². The van der Waals surface area contributed by atoms with Crippen LogP contribution in [0.4, 0.5) is 9.18 Å². The summed E-state index contributed by atoms with van der Waals surface area (Å²) < 4.78 is 18.3. The lowest BCUT2D eigenvalue weighted by molar-refractivity contribution is 0.0590. The summed E-state index contributed by atoms with van der Waals surface area (Å²) in [7, 11) is 1.62. The van der Waals surface area contributed by atoms with Gasteiger partial charge in [-0.3, -0.25) is 0 Å². The molecule has 2 aromatic rings. The highest BCUT2D eigenvalue weighted by atomic mass is 19.1. The highest BCUT2D eigenvalue weighted by Gasteiger charge is 2.26. The van der Waals surface area contributed by atoms with Gasteiger partial charge in [0.25, 0.3) is 0 Å². The molecule has 0 saturated carbocycles. The number of rotatable bonds is 7. The first kappa shape index (κ1) is 19.7. The second-order valence-electron chi connectivity index (χ2n) is 6.54. The number of oxime groups is 1. The maximum atomic E-state index is 13.1. The van der Waals surface area contributed by atoms with Gasteiger partial charge in [-0.25, -0.2) is 9.18 Å². The number of nitrogens with one attached hydrogen (secondary N) is 1. The van der Waals surface area contributed by atoms with Gasteiger partial charge in [0.1, 0.15) is 11.6 Å². The van der Waals surface area contributed by atoms with Crippen molar-refractivity contribution in [3.63, 3.8) is 0 Å². The molecule has 1 aliphatic rings. The van der Waals surface area contributed by atoms with Gasteiger partial charge in [-0.05, 0) is 54.4 Å². The largest absolute Gasteiger partial charge is 0.497 e. The number of methoxy groups -OCH3 is 1. The first-order valence-corrected chi connectivity index (χ1v) is 9.23. The fourth-order valence-electron chi connectivity index (χ4n) is 3.02. The summed E-state index contributed by atoms with van der Waals surface area (Å²) in [6.07, 6.45) is 0.367. The van der Waals surface area contributed by atoms with E-state index in [2.05, 4.69) is 10.5 Å². The van der Waals surface area contributed by atoms with Crippen molar-refractivity contribution in [2.24, 2.45) is 5.16 Å². The molecule has 0 unspecified atom stereocenters. The van der Waals surface area contributed by atoms with Gasteiger partial charge < -0.3 is 19.8 Å². The maximum absolute atomic E-state index is 13.1. The van der Waals surface area contributed by atoms with E-state index in [9.17, 15) is 9.18 Å². The van der Waals surface area contributed by atoms with Gasteiger partial charge in [-0.2, -0.15) is 0 Å². The Hall–Kier alpha value is -3.09. The molecule has 2 amide bonds. The zero-order valence-electron chi connectivity index (χ0n) is 16.0. The fourth-order valence-corrected chi connectivity index (χ4v) is 3.02. The molecule has 28 heavy (non-hydrogen) atoms. The average Bonchev–Trinajstić information content (AvgIpc) is 3.18. The predicted molar refractivity (Wildman–Crippen MR) is 105 cm³/mol. The molecule has 0 bridgehead atoms. The lowest BCUT2D eigenvalue weighted by atomic mass is 10.0. The van der Waals surface area contributed by atoms with Crippen LogP contribution in [0, 0.1) is 5.82 Å². The van der Waals surface area contributed by atoms with E-state index in [-0.39, 0.29) is 18.0 Å². The summed E-state index contributed by atoms with van der Waals surface area (Å²) in [5.41, 5.74) is 2.65. The van der Waals surface area contributed by atoms with Gasteiger partial charge in [-0.1, -0.05) is 17.3 Å². The molecule has 6 nitrogen and oxygen atoms in total. The van der Waals surface area contributed by atoms with Crippen molar-refractivity contribution in [1.82, 2.24) is 10.2 Å². The lowest BCUT2D eigenvalue weighted by Crippen LogP contribution is -2.43. The number of halogens is 1. The van der Waals surface area contributed by atoms with Crippen molar-refractivity contribution in [3.8, 4) is 5.75 Å². The summed E-state index contributed by atoms with van der Waals surface area (Å²) in [6, 6.07) is 13.6. The van der Waals surface area contributed by atoms with Crippen LogP contribution in [0.25, 0.3) is 0 Å². The Morgan fingerprint density at radius 1 is 1.25 bits per heavy atom. The number of carbonyl (C=O) groups excluding carboxylic acids is 1. The van der Waals surface area contributed by atoms with Crippen LogP contribution in [-0.2, 0) is 11.4 Å². The Labute approximate surface area is 163 Å². The van der Waals surface area contributed by atoms with Crippen LogP contribution in [0.3, 0.4) is 0 Å². The molecular weight excluding hydrogens is 361 g/mol. The molecule has 1 atom stereocenters. The van der Waals surface area contributed by atoms with Gasteiger partial charge in [0.05, 0.1) is 19.4 Å². The highest BCUT2D eigenvalue weighted by molar-refractivity contribution is 6.01. The van der Waals surface area contributed by atoms with Crippen molar-refractivity contribution in [2.75, 3.05) is 20.2 Å². The summed E-state index contributed by atoms with van der Waals surface area (Å²) in [5.74, 6) is 0.478. The quantitative estimate of drug-likeness (QED) is 0.793. The first-order valence-electron chi connectivity index (χ1n) is 9.23. The van der Waals surface area contributed by atoms with E-state index in [0.29, 0.717) is 26.1 Å². The average molecular weight is 385 g/mol. The molecule has 0 fully saturated rings. The molecule has 7 heteroatoms. The normalized spacial score (nSPS) is 15.5. The van der Waals surface area contributed by atoms with E-state index in [1.165, 1.54) is 12.1 Å². The van der Waals surface area contributed by atoms with Crippen LogP contribution in [0.1, 0.15) is 24.5 Å². The molecule has 0 aliphatic carbocycles. The minimum atomic E-state index is -0.301. The maximum Gasteiger partial charge on any atom is 0.317 e. The standard InChI is InChI=1S/C21H24FN3O3/c1-3-23-21(26)25(13-15-4-8-17(22)9-5-15)14-19-12-20(24-28-19)16-6-10-18(27-2)11-7-16/h4-11,19H,3,12-14H2,1-2H3,(H,23,26)/t19-/m1/s1. The van der Waals surface area contributed by atoms with Crippen LogP contribution in [0.5, 0.6) is 5.75 Å². The minimum Gasteiger partial charge on any atom is -0.497 e. The van der Waals surface area contributed by atoms with Crippen molar-refractivity contribution >= 4 is 11.7 Å². The van der Waals surface area contributed by atoms with E-state index < -0.39 is 0 Å². The van der Waals surface area contributed by atoms with Crippen molar-refractivity contribution < 1.29 is 18.8 Å². The van der Waals surface area contributed by atoms with Crippen molar-refractivity contribution in [3.05, 3.63) is 65.5 Å². The predicted octanol–water partition coefficient (Wildman–Crippen LogP) is 3.56. The summed E-state index contributed by atoms with van der Waals surface area (Å²) in [5, 5.41) is 7.00. The van der Waals surface area contributed by atoms with Gasteiger partial charge in [0.15, 0.2) is 6.10 Å². The van der Waals surface area contributed by atoms with E-state index in [1.54, 1.807) is 24.1 Å². The summed E-state index contributed by atoms with van der Waals surface area (Å²) in [4.78, 5) is 19.7. The van der Waals surface area contributed by atoms with E-state index >= 15 is 0 Å². The lowest BCUT2D eigenvalue weighted by Gasteiger charge is -2.25. The summed E-state index contributed by atoms with van der Waals surface area (Å²) >= 11 is 0. The third kappa shape index (κ3) is 5.00. The molecule has 1 aliphatic heterocycles. The Kier molecular flexibility index (Phi) is 6.47. The Balaban J connectivity index is 1.64. The molecule has 0 spiro atoms. The number of ether oxygens (including phenoxy) is 1. The Morgan fingerprint density at radius 2 is 1.96 bits per heavy atom. The van der Waals surface area contributed by atoms with Gasteiger partial charge in [0.2, 0.25) is 0 Å². The second-order valence-corrected chi connectivity index (χ2v) is 6.54. The van der Waals surface area contributed by atoms with Crippen LogP contribution in [0.2, 0.25) is 0 Å². The molecule has 0 aromatic heterocycles. The molecule has 0 saturated heterocycles. The fraction of sp³-hybridized carbons (Fsp3) is 0.333. The number of nitrogens with zero attached hydrogens (tertiary/aromatic N) is 2. The number of hydrogen-bond donors (Lipinski definition) is 1. The van der Waals surface area contributed by atoms with Crippen LogP contribution < -0.4 is 10.1 Å². The number of amides is 2. The van der Waals surface area contributed by atoms with E-state index in [0.717, 1.165) is 22.6 Å². The smallest absolute Gasteiger partial charge is 0.317 e. The van der Waals surface area contributed by atoms with Gasteiger partial charge >= 0.3 is 6.03 Å². The third-order valence-electron chi connectivity index (χ3n) is 4.48. The van der Waals surface area contributed by atoms with Gasteiger partial charge in [-0.15, -0.1) is 0 Å². The Bertz CT molecular complexity index is 822. The van der Waals surface area contributed by atoms with E-state index in [1.807, 2.05) is 31.2 Å². The number of carbonyl (C=O) groups is 1. The zero-order chi connectivity index (χ0) is 19.9. The van der Waals surface area contributed by atoms with Crippen LogP contribution >= 0.6 is 0 Å². The summed E-state index contributed by atoms with van der Waals surface area (Å²) in [6.45, 7) is 3.14.